The minimum absolute atomic E-state index is 0.315. The molecule has 4 heteroatoms. The lowest BCUT2D eigenvalue weighted by atomic mass is 9.85. The Labute approximate surface area is 105 Å². The molecule has 2 heterocycles. The fraction of sp³-hybridized carbons (Fsp3) is 0.357. The van der Waals surface area contributed by atoms with Crippen molar-refractivity contribution < 1.29 is 9.90 Å². The smallest absolute Gasteiger partial charge is 0.320 e. The molecular formula is C14H16N2O2. The second-order valence-electron chi connectivity index (χ2n) is 4.86. The zero-order valence-corrected chi connectivity index (χ0v) is 10.0. The highest BCUT2D eigenvalue weighted by Crippen LogP contribution is 2.32. The molecule has 18 heavy (non-hydrogen) atoms. The van der Waals surface area contributed by atoms with Crippen LogP contribution in [0, 0.1) is 0 Å². The Morgan fingerprint density at radius 2 is 2.22 bits per heavy atom. The molecule has 3 rings (SSSR count). The van der Waals surface area contributed by atoms with Crippen molar-refractivity contribution in [3.05, 3.63) is 36.0 Å². The summed E-state index contributed by atoms with van der Waals surface area (Å²) >= 11 is 0. The fourth-order valence-corrected chi connectivity index (χ4v) is 2.84. The fourth-order valence-electron chi connectivity index (χ4n) is 2.84. The van der Waals surface area contributed by atoms with Gasteiger partial charge in [-0.25, -0.2) is 0 Å². The van der Waals surface area contributed by atoms with Crippen LogP contribution in [0.5, 0.6) is 0 Å². The summed E-state index contributed by atoms with van der Waals surface area (Å²) in [4.78, 5) is 14.3. The van der Waals surface area contributed by atoms with Crippen LogP contribution in [0.3, 0.4) is 0 Å². The van der Waals surface area contributed by atoms with E-state index >= 15 is 0 Å². The van der Waals surface area contributed by atoms with Crippen molar-refractivity contribution in [1.29, 1.82) is 0 Å². The van der Waals surface area contributed by atoms with Crippen LogP contribution in [0.1, 0.15) is 24.3 Å². The van der Waals surface area contributed by atoms with Crippen LogP contribution in [0.25, 0.3) is 10.9 Å². The first-order valence-electron chi connectivity index (χ1n) is 6.28. The van der Waals surface area contributed by atoms with Crippen LogP contribution in [0.4, 0.5) is 0 Å². The number of nitrogens with one attached hydrogen (secondary N) is 2. The number of aromatic nitrogens is 1. The molecule has 0 saturated carbocycles. The van der Waals surface area contributed by atoms with Crippen LogP contribution in [0.15, 0.2) is 30.5 Å². The van der Waals surface area contributed by atoms with E-state index in [1.807, 2.05) is 12.3 Å². The molecule has 2 unspecified atom stereocenters. The van der Waals surface area contributed by atoms with E-state index < -0.39 is 12.0 Å². The number of aromatic amines is 1. The first-order chi connectivity index (χ1) is 8.75. The van der Waals surface area contributed by atoms with Gasteiger partial charge in [0.1, 0.15) is 6.04 Å². The molecule has 2 atom stereocenters. The number of rotatable bonds is 2. The lowest BCUT2D eigenvalue weighted by molar-refractivity contribution is -0.140. The van der Waals surface area contributed by atoms with E-state index in [1.165, 1.54) is 10.9 Å². The molecule has 1 aliphatic heterocycles. The number of para-hydroxylation sites is 1. The van der Waals surface area contributed by atoms with Crippen molar-refractivity contribution in [3.63, 3.8) is 0 Å². The Kier molecular flexibility index (Phi) is 2.80. The number of fused-ring (bicyclic) bond motifs is 1. The molecule has 3 N–H and O–H groups in total. The van der Waals surface area contributed by atoms with Crippen LogP contribution < -0.4 is 5.32 Å². The van der Waals surface area contributed by atoms with Gasteiger partial charge in [0.05, 0.1) is 0 Å². The Morgan fingerprint density at radius 3 is 3.06 bits per heavy atom. The number of carboxylic acids is 1. The maximum atomic E-state index is 11.1. The van der Waals surface area contributed by atoms with Gasteiger partial charge < -0.3 is 15.4 Å². The van der Waals surface area contributed by atoms with Gasteiger partial charge in [-0.3, -0.25) is 4.79 Å². The van der Waals surface area contributed by atoms with E-state index in [9.17, 15) is 4.79 Å². The summed E-state index contributed by atoms with van der Waals surface area (Å²) in [5.74, 6) is -0.437. The molecule has 0 bridgehead atoms. The van der Waals surface area contributed by atoms with Gasteiger partial charge in [-0.15, -0.1) is 0 Å². The molecule has 1 fully saturated rings. The topological polar surface area (TPSA) is 65.1 Å². The van der Waals surface area contributed by atoms with Gasteiger partial charge in [0.15, 0.2) is 0 Å². The minimum atomic E-state index is -0.752. The molecule has 0 amide bonds. The van der Waals surface area contributed by atoms with Gasteiger partial charge in [-0.1, -0.05) is 18.2 Å². The Bertz CT molecular complexity index is 576. The zero-order valence-electron chi connectivity index (χ0n) is 10.0. The van der Waals surface area contributed by atoms with Crippen molar-refractivity contribution in [3.8, 4) is 0 Å². The van der Waals surface area contributed by atoms with Gasteiger partial charge in [-0.05, 0) is 42.3 Å². The number of aliphatic carboxylic acids is 1. The summed E-state index contributed by atoms with van der Waals surface area (Å²) < 4.78 is 0. The predicted molar refractivity (Wildman–Crippen MR) is 69.7 cm³/mol. The number of hydrogen-bond acceptors (Lipinski definition) is 2. The Balaban J connectivity index is 1.94. The lowest BCUT2D eigenvalue weighted by Gasteiger charge is -2.28. The minimum Gasteiger partial charge on any atom is -0.480 e. The summed E-state index contributed by atoms with van der Waals surface area (Å²) in [5, 5.41) is 13.3. The third kappa shape index (κ3) is 1.88. The summed E-state index contributed by atoms with van der Waals surface area (Å²) in [7, 11) is 0. The van der Waals surface area contributed by atoms with Crippen molar-refractivity contribution in [2.75, 3.05) is 6.54 Å². The first-order valence-corrected chi connectivity index (χ1v) is 6.28. The summed E-state index contributed by atoms with van der Waals surface area (Å²) in [5.41, 5.74) is 2.39. The van der Waals surface area contributed by atoms with Gasteiger partial charge in [-0.2, -0.15) is 0 Å². The van der Waals surface area contributed by atoms with E-state index in [4.69, 9.17) is 5.11 Å². The highest BCUT2D eigenvalue weighted by Gasteiger charge is 2.28. The lowest BCUT2D eigenvalue weighted by Crippen LogP contribution is -2.42. The summed E-state index contributed by atoms with van der Waals surface area (Å²) in [6.45, 7) is 0.763. The van der Waals surface area contributed by atoms with E-state index in [-0.39, 0.29) is 0 Å². The maximum absolute atomic E-state index is 11.1. The third-order valence-corrected chi connectivity index (χ3v) is 3.76. The molecule has 4 nitrogen and oxygen atoms in total. The Hall–Kier alpha value is -1.81. The van der Waals surface area contributed by atoms with Crippen molar-refractivity contribution >= 4 is 16.9 Å². The van der Waals surface area contributed by atoms with E-state index in [1.54, 1.807) is 0 Å². The molecule has 0 spiro atoms. The number of piperidine rings is 1. The average molecular weight is 244 g/mol. The van der Waals surface area contributed by atoms with Gasteiger partial charge >= 0.3 is 5.97 Å². The molecule has 1 aromatic heterocycles. The number of H-pyrrole nitrogens is 1. The molecule has 1 aliphatic rings. The highest BCUT2D eigenvalue weighted by atomic mass is 16.4. The van der Waals surface area contributed by atoms with Gasteiger partial charge in [0, 0.05) is 11.7 Å². The number of carboxylic acid groups (broad SMARTS) is 1. The zero-order chi connectivity index (χ0) is 12.5. The standard InChI is InChI=1S/C14H16N2O2/c17-14(18)12-8-10(5-6-15-12)11-3-1-2-9-4-7-16-13(9)11/h1-4,7,10,12,15-16H,5-6,8H2,(H,17,18). The molecule has 0 radical (unpaired) electrons. The van der Waals surface area contributed by atoms with Crippen LogP contribution >= 0.6 is 0 Å². The predicted octanol–water partition coefficient (Wildman–Crippen LogP) is 2.09. The SMILES string of the molecule is O=C(O)C1CC(c2cccc3cc[nH]c23)CCN1. The van der Waals surface area contributed by atoms with Gasteiger partial charge in [0.25, 0.3) is 0 Å². The highest BCUT2D eigenvalue weighted by molar-refractivity contribution is 5.83. The van der Waals surface area contributed by atoms with Crippen molar-refractivity contribution in [1.82, 2.24) is 10.3 Å². The second-order valence-corrected chi connectivity index (χ2v) is 4.86. The summed E-state index contributed by atoms with van der Waals surface area (Å²) in [6.07, 6.45) is 3.58. The second kappa shape index (κ2) is 4.46. The molecule has 94 valence electrons. The van der Waals surface area contributed by atoms with E-state index in [0.717, 1.165) is 18.5 Å². The normalized spacial score (nSPS) is 24.2. The summed E-state index contributed by atoms with van der Waals surface area (Å²) in [6, 6.07) is 7.85. The molecular weight excluding hydrogens is 228 g/mol. The number of carbonyl (C=O) groups is 1. The van der Waals surface area contributed by atoms with Crippen molar-refractivity contribution in [2.24, 2.45) is 0 Å². The van der Waals surface area contributed by atoms with Crippen LogP contribution in [0.2, 0.25) is 0 Å². The Morgan fingerprint density at radius 1 is 1.33 bits per heavy atom. The van der Waals surface area contributed by atoms with E-state index in [2.05, 4.69) is 28.5 Å². The van der Waals surface area contributed by atoms with E-state index in [0.29, 0.717) is 12.3 Å². The molecule has 0 aliphatic carbocycles. The van der Waals surface area contributed by atoms with Crippen molar-refractivity contribution in [2.45, 2.75) is 24.8 Å². The third-order valence-electron chi connectivity index (χ3n) is 3.76. The monoisotopic (exact) mass is 244 g/mol. The largest absolute Gasteiger partial charge is 0.480 e. The first kappa shape index (κ1) is 11.3. The quantitative estimate of drug-likeness (QED) is 0.758. The van der Waals surface area contributed by atoms with Gasteiger partial charge in [0.2, 0.25) is 0 Å². The number of hydrogen-bond donors (Lipinski definition) is 3. The van der Waals surface area contributed by atoms with Crippen LogP contribution in [-0.4, -0.2) is 28.6 Å². The maximum Gasteiger partial charge on any atom is 0.320 e. The number of benzene rings is 1. The molecule has 2 aromatic rings. The average Bonchev–Trinajstić information content (AvgIpc) is 2.87. The molecule has 1 saturated heterocycles. The molecule has 1 aromatic carbocycles. The van der Waals surface area contributed by atoms with Crippen LogP contribution in [-0.2, 0) is 4.79 Å².